The number of carbonyl (C=O) groups excluding carboxylic acids is 1. The van der Waals surface area contributed by atoms with Crippen molar-refractivity contribution in [3.05, 3.63) is 46.2 Å². The van der Waals surface area contributed by atoms with Gasteiger partial charge in [0.1, 0.15) is 11.4 Å². The number of carbonyl (C=O) groups is 1. The fourth-order valence-electron chi connectivity index (χ4n) is 1.43. The van der Waals surface area contributed by atoms with E-state index in [0.29, 0.717) is 21.9 Å². The van der Waals surface area contributed by atoms with Gasteiger partial charge >= 0.3 is 0 Å². The summed E-state index contributed by atoms with van der Waals surface area (Å²) in [5.74, 6) is -0.173. The maximum atomic E-state index is 10.5. The molecule has 1 N–H and O–H groups in total. The summed E-state index contributed by atoms with van der Waals surface area (Å²) in [4.78, 5) is 14.3. The Morgan fingerprint density at radius 3 is 2.24 bits per heavy atom. The summed E-state index contributed by atoms with van der Waals surface area (Å²) in [6, 6.07) is 6.45. The molecular weight excluding hydrogens is 261 g/mol. The number of benzene rings is 1. The zero-order valence-electron chi connectivity index (χ0n) is 8.52. The second-order valence-electron chi connectivity index (χ2n) is 3.40. The Kier molecular flexibility index (Phi) is 3.31. The van der Waals surface area contributed by atoms with E-state index in [9.17, 15) is 9.90 Å². The molecule has 1 aromatic carbocycles. The fraction of sp³-hybridized carbons (Fsp3) is 0. The summed E-state index contributed by atoms with van der Waals surface area (Å²) in [7, 11) is 0. The third-order valence-corrected chi connectivity index (χ3v) is 2.64. The van der Waals surface area contributed by atoms with Crippen molar-refractivity contribution in [2.24, 2.45) is 0 Å². The molecule has 0 aliphatic heterocycles. The SMILES string of the molecule is O=Cc1ncc(-c2cc(Cl)cc(Cl)c2)cc1O. The van der Waals surface area contributed by atoms with Crippen LogP contribution in [0.25, 0.3) is 11.1 Å². The molecule has 0 saturated carbocycles. The van der Waals surface area contributed by atoms with Gasteiger partial charge in [-0.1, -0.05) is 23.2 Å². The van der Waals surface area contributed by atoms with Crippen molar-refractivity contribution in [1.29, 1.82) is 0 Å². The van der Waals surface area contributed by atoms with Crippen LogP contribution in [0.5, 0.6) is 5.75 Å². The lowest BCUT2D eigenvalue weighted by atomic mass is 10.1. The first kappa shape index (κ1) is 11.9. The van der Waals surface area contributed by atoms with E-state index < -0.39 is 0 Å². The van der Waals surface area contributed by atoms with Crippen molar-refractivity contribution >= 4 is 29.5 Å². The van der Waals surface area contributed by atoms with E-state index in [4.69, 9.17) is 23.2 Å². The van der Waals surface area contributed by atoms with E-state index in [1.54, 1.807) is 18.2 Å². The molecule has 0 fully saturated rings. The Morgan fingerprint density at radius 2 is 1.71 bits per heavy atom. The molecule has 86 valence electrons. The van der Waals surface area contributed by atoms with Crippen LogP contribution < -0.4 is 0 Å². The van der Waals surface area contributed by atoms with Crippen LogP contribution in [-0.4, -0.2) is 16.4 Å². The zero-order chi connectivity index (χ0) is 12.4. The van der Waals surface area contributed by atoms with Crippen molar-refractivity contribution < 1.29 is 9.90 Å². The van der Waals surface area contributed by atoms with Crippen LogP contribution in [0.15, 0.2) is 30.5 Å². The maximum Gasteiger partial charge on any atom is 0.172 e. The molecule has 0 radical (unpaired) electrons. The van der Waals surface area contributed by atoms with Crippen LogP contribution in [0.3, 0.4) is 0 Å². The van der Waals surface area contributed by atoms with E-state index in [1.807, 2.05) is 0 Å². The monoisotopic (exact) mass is 267 g/mol. The van der Waals surface area contributed by atoms with Crippen LogP contribution in [0.1, 0.15) is 10.5 Å². The molecule has 0 saturated heterocycles. The normalized spacial score (nSPS) is 10.2. The second-order valence-corrected chi connectivity index (χ2v) is 4.28. The molecule has 0 aliphatic carbocycles. The zero-order valence-corrected chi connectivity index (χ0v) is 10.0. The lowest BCUT2D eigenvalue weighted by Gasteiger charge is -2.04. The first-order valence-corrected chi connectivity index (χ1v) is 5.46. The van der Waals surface area contributed by atoms with Crippen molar-refractivity contribution in [3.8, 4) is 16.9 Å². The molecule has 0 amide bonds. The Morgan fingerprint density at radius 1 is 1.06 bits per heavy atom. The average Bonchev–Trinajstić information content (AvgIpc) is 2.27. The van der Waals surface area contributed by atoms with E-state index in [0.717, 1.165) is 5.56 Å². The van der Waals surface area contributed by atoms with Crippen molar-refractivity contribution in [2.45, 2.75) is 0 Å². The number of aromatic hydroxyl groups is 1. The van der Waals surface area contributed by atoms with Gasteiger partial charge in [-0.25, -0.2) is 4.98 Å². The summed E-state index contributed by atoms with van der Waals surface area (Å²) >= 11 is 11.7. The van der Waals surface area contributed by atoms with E-state index in [-0.39, 0.29) is 11.4 Å². The van der Waals surface area contributed by atoms with Gasteiger partial charge in [0.15, 0.2) is 6.29 Å². The van der Waals surface area contributed by atoms with Crippen molar-refractivity contribution in [2.75, 3.05) is 0 Å². The molecule has 1 aromatic heterocycles. The number of nitrogens with zero attached hydrogens (tertiary/aromatic N) is 1. The Bertz CT molecular complexity index is 564. The number of aldehydes is 1. The summed E-state index contributed by atoms with van der Waals surface area (Å²) in [6.45, 7) is 0. The highest BCUT2D eigenvalue weighted by atomic mass is 35.5. The molecule has 0 unspecified atom stereocenters. The van der Waals surface area contributed by atoms with Crippen molar-refractivity contribution in [3.63, 3.8) is 0 Å². The third kappa shape index (κ3) is 2.57. The number of pyridine rings is 1. The van der Waals surface area contributed by atoms with Gasteiger partial charge in [0, 0.05) is 21.8 Å². The van der Waals surface area contributed by atoms with Gasteiger partial charge in [0.2, 0.25) is 0 Å². The van der Waals surface area contributed by atoms with E-state index >= 15 is 0 Å². The molecule has 3 nitrogen and oxygen atoms in total. The van der Waals surface area contributed by atoms with Gasteiger partial charge in [-0.3, -0.25) is 4.79 Å². The number of rotatable bonds is 2. The molecule has 17 heavy (non-hydrogen) atoms. The number of halogens is 2. The Balaban J connectivity index is 2.53. The largest absolute Gasteiger partial charge is 0.506 e. The molecule has 1 heterocycles. The number of hydrogen-bond acceptors (Lipinski definition) is 3. The Hall–Kier alpha value is -1.58. The standard InChI is InChI=1S/C12H7Cl2NO2/c13-9-1-7(2-10(14)4-9)8-3-12(17)11(6-16)15-5-8/h1-6,17H. The molecule has 2 aromatic rings. The van der Waals surface area contributed by atoms with Crippen LogP contribution in [0.4, 0.5) is 0 Å². The lowest BCUT2D eigenvalue weighted by Crippen LogP contribution is -1.88. The average molecular weight is 268 g/mol. The van der Waals surface area contributed by atoms with E-state index in [1.165, 1.54) is 12.3 Å². The molecule has 0 bridgehead atoms. The minimum Gasteiger partial charge on any atom is -0.506 e. The van der Waals surface area contributed by atoms with Gasteiger partial charge in [-0.2, -0.15) is 0 Å². The van der Waals surface area contributed by atoms with Crippen LogP contribution in [0, 0.1) is 0 Å². The first-order valence-electron chi connectivity index (χ1n) is 4.71. The van der Waals surface area contributed by atoms with Crippen LogP contribution in [0.2, 0.25) is 10.0 Å². The fourth-order valence-corrected chi connectivity index (χ4v) is 1.96. The predicted molar refractivity (Wildman–Crippen MR) is 66.7 cm³/mol. The third-order valence-electron chi connectivity index (χ3n) is 2.20. The Labute approximate surface area is 108 Å². The van der Waals surface area contributed by atoms with Crippen LogP contribution in [-0.2, 0) is 0 Å². The summed E-state index contributed by atoms with van der Waals surface area (Å²) in [6.07, 6.45) is 1.97. The van der Waals surface area contributed by atoms with Crippen LogP contribution >= 0.6 is 23.2 Å². The van der Waals surface area contributed by atoms with Crippen molar-refractivity contribution in [1.82, 2.24) is 4.98 Å². The smallest absolute Gasteiger partial charge is 0.172 e. The first-order chi connectivity index (χ1) is 8.10. The molecule has 0 spiro atoms. The van der Waals surface area contributed by atoms with Gasteiger partial charge in [-0.05, 0) is 29.8 Å². The highest BCUT2D eigenvalue weighted by molar-refractivity contribution is 6.35. The molecule has 0 aliphatic rings. The highest BCUT2D eigenvalue weighted by Crippen LogP contribution is 2.29. The minimum atomic E-state index is -0.173. The maximum absolute atomic E-state index is 10.5. The summed E-state index contributed by atoms with van der Waals surface area (Å²) in [5.41, 5.74) is 1.36. The summed E-state index contributed by atoms with van der Waals surface area (Å²) < 4.78 is 0. The van der Waals surface area contributed by atoms with Gasteiger partial charge in [-0.15, -0.1) is 0 Å². The predicted octanol–water partition coefficient (Wildman–Crippen LogP) is 3.57. The van der Waals surface area contributed by atoms with Gasteiger partial charge in [0.05, 0.1) is 0 Å². The topological polar surface area (TPSA) is 50.2 Å². The quantitative estimate of drug-likeness (QED) is 0.847. The summed E-state index contributed by atoms with van der Waals surface area (Å²) in [5, 5.41) is 10.5. The molecular formula is C12H7Cl2NO2. The highest BCUT2D eigenvalue weighted by Gasteiger charge is 2.06. The minimum absolute atomic E-state index is 0.00174. The lowest BCUT2D eigenvalue weighted by molar-refractivity contribution is 0.111. The molecule has 0 atom stereocenters. The number of aromatic nitrogens is 1. The van der Waals surface area contributed by atoms with Gasteiger partial charge in [0.25, 0.3) is 0 Å². The van der Waals surface area contributed by atoms with E-state index in [2.05, 4.69) is 4.98 Å². The number of hydrogen-bond donors (Lipinski definition) is 1. The van der Waals surface area contributed by atoms with Gasteiger partial charge < -0.3 is 5.11 Å². The molecule has 2 rings (SSSR count). The molecule has 5 heteroatoms. The second kappa shape index (κ2) is 4.73.